The summed E-state index contributed by atoms with van der Waals surface area (Å²) in [7, 11) is 0.271. The van der Waals surface area contributed by atoms with E-state index in [-0.39, 0.29) is 65.7 Å². The van der Waals surface area contributed by atoms with Crippen molar-refractivity contribution in [1.82, 2.24) is 4.98 Å². The highest BCUT2D eigenvalue weighted by atomic mass is 32.1. The van der Waals surface area contributed by atoms with E-state index in [4.69, 9.17) is 33.8 Å². The fraction of sp³-hybridized carbons (Fsp3) is 0.250. The second kappa shape index (κ2) is 13.8. The number of rotatable bonds is 14. The van der Waals surface area contributed by atoms with E-state index >= 15 is 8.78 Å². The minimum absolute atomic E-state index is 0.0110. The molecule has 4 rings (SSSR count). The van der Waals surface area contributed by atoms with E-state index in [0.717, 1.165) is 0 Å². The molecule has 0 radical (unpaired) electrons. The maximum atomic E-state index is 15.3. The van der Waals surface area contributed by atoms with E-state index in [1.807, 2.05) is 0 Å². The van der Waals surface area contributed by atoms with Gasteiger partial charge < -0.3 is 33.8 Å². The van der Waals surface area contributed by atoms with E-state index in [9.17, 15) is 9.59 Å². The van der Waals surface area contributed by atoms with E-state index in [1.54, 1.807) is 18.2 Å². The minimum Gasteiger partial charge on any atom is -0.493 e. The second-order valence-corrected chi connectivity index (χ2v) is 10.9. The lowest BCUT2D eigenvalue weighted by atomic mass is 10.1. The van der Waals surface area contributed by atoms with Crippen LogP contribution in [0.25, 0.3) is 27.1 Å². The molecule has 0 unspecified atom stereocenters. The Balaban J connectivity index is 1.44. The summed E-state index contributed by atoms with van der Waals surface area (Å²) in [6.45, 7) is -0.000421. The third kappa shape index (κ3) is 7.11. The number of ether oxygens (including phenoxy) is 4. The topological polar surface area (TPSA) is 145 Å². The predicted molar refractivity (Wildman–Crippen MR) is 154 cm³/mol. The molecule has 0 aliphatic rings. The standard InChI is InChI=1S/C28H26F2NO9PS/c1-37-21-12-19-16(7-8-18(31-19)20(32)14-41(35)36)25(29)27(21)39-9-4-10-40-28-22(38-2)13-23-17(26(28)30)11-15(42-23)5-3-6-24(33)34/h3,5,7-8,11-13,35-36H,4,6,9-10,14H2,1-2H3,(H,33,34)/b5-3+. The van der Waals surface area contributed by atoms with Gasteiger partial charge in [-0.3, -0.25) is 9.59 Å². The number of Topliss-reactive ketones (excluding diaryl/α,β-unsaturated/α-hetero) is 1. The zero-order valence-corrected chi connectivity index (χ0v) is 24.1. The van der Waals surface area contributed by atoms with Crippen LogP contribution in [-0.2, 0) is 4.79 Å². The number of carbonyl (C=O) groups is 2. The summed E-state index contributed by atoms with van der Waals surface area (Å²) in [5.74, 6) is -2.99. The van der Waals surface area contributed by atoms with Crippen LogP contribution in [0.4, 0.5) is 8.78 Å². The third-order valence-electron chi connectivity index (χ3n) is 5.92. The molecule has 0 spiro atoms. The number of aliphatic carboxylic acids is 1. The van der Waals surface area contributed by atoms with Gasteiger partial charge in [-0.05, 0) is 24.3 Å². The van der Waals surface area contributed by atoms with Crippen LogP contribution in [0, 0.1) is 11.6 Å². The molecule has 3 N–H and O–H groups in total. The summed E-state index contributed by atoms with van der Waals surface area (Å²) in [5, 5.41) is 9.17. The summed E-state index contributed by atoms with van der Waals surface area (Å²) < 4.78 is 53.1. The number of aromatic nitrogens is 1. The Kier molecular flexibility index (Phi) is 10.2. The van der Waals surface area contributed by atoms with Crippen molar-refractivity contribution in [3.63, 3.8) is 0 Å². The van der Waals surface area contributed by atoms with Crippen molar-refractivity contribution in [3.05, 3.63) is 58.6 Å². The van der Waals surface area contributed by atoms with Crippen molar-refractivity contribution in [2.45, 2.75) is 12.8 Å². The number of benzene rings is 2. The molecule has 0 saturated carbocycles. The van der Waals surface area contributed by atoms with Crippen molar-refractivity contribution < 1.29 is 52.2 Å². The molecule has 0 atom stereocenters. The number of fused-ring (bicyclic) bond motifs is 2. The molecule has 0 amide bonds. The zero-order chi connectivity index (χ0) is 30.4. The highest BCUT2D eigenvalue weighted by Crippen LogP contribution is 2.40. The van der Waals surface area contributed by atoms with Crippen LogP contribution in [-0.4, -0.2) is 65.2 Å². The normalized spacial score (nSPS) is 11.5. The molecule has 2 aromatic heterocycles. The largest absolute Gasteiger partial charge is 0.493 e. The average molecular weight is 622 g/mol. The molecule has 222 valence electrons. The first-order valence-electron chi connectivity index (χ1n) is 12.4. The highest BCUT2D eigenvalue weighted by molar-refractivity contribution is 7.46. The van der Waals surface area contributed by atoms with Crippen molar-refractivity contribution in [2.24, 2.45) is 0 Å². The predicted octanol–water partition coefficient (Wildman–Crippen LogP) is 5.56. The average Bonchev–Trinajstić information content (AvgIpc) is 3.36. The van der Waals surface area contributed by atoms with Gasteiger partial charge in [0.25, 0.3) is 0 Å². The van der Waals surface area contributed by atoms with Gasteiger partial charge in [-0.2, -0.15) is 0 Å². The van der Waals surface area contributed by atoms with Gasteiger partial charge in [-0.15, -0.1) is 11.3 Å². The Morgan fingerprint density at radius 1 is 0.976 bits per heavy atom. The van der Waals surface area contributed by atoms with Crippen LogP contribution < -0.4 is 18.9 Å². The maximum Gasteiger partial charge on any atom is 0.307 e. The van der Waals surface area contributed by atoms with Crippen LogP contribution in [0.5, 0.6) is 23.0 Å². The number of carboxylic acid groups (broad SMARTS) is 1. The third-order valence-corrected chi connectivity index (χ3v) is 7.54. The molecule has 0 aliphatic carbocycles. The molecule has 14 heteroatoms. The lowest BCUT2D eigenvalue weighted by molar-refractivity contribution is -0.135. The number of methoxy groups -OCH3 is 2. The molecule has 10 nitrogen and oxygen atoms in total. The van der Waals surface area contributed by atoms with Gasteiger partial charge in [0.2, 0.25) is 0 Å². The maximum absolute atomic E-state index is 15.3. The fourth-order valence-electron chi connectivity index (χ4n) is 4.01. The first-order valence-corrected chi connectivity index (χ1v) is 14.7. The van der Waals surface area contributed by atoms with Crippen LogP contribution >= 0.6 is 19.7 Å². The smallest absolute Gasteiger partial charge is 0.307 e. The van der Waals surface area contributed by atoms with Gasteiger partial charge in [0, 0.05) is 38.9 Å². The number of hydrogen-bond donors (Lipinski definition) is 3. The van der Waals surface area contributed by atoms with Crippen molar-refractivity contribution in [2.75, 3.05) is 33.6 Å². The monoisotopic (exact) mass is 621 g/mol. The molecule has 2 heterocycles. The van der Waals surface area contributed by atoms with Crippen molar-refractivity contribution >= 4 is 58.5 Å². The van der Waals surface area contributed by atoms with E-state index in [1.165, 1.54) is 49.8 Å². The number of pyridine rings is 1. The van der Waals surface area contributed by atoms with Crippen molar-refractivity contribution in [1.29, 1.82) is 0 Å². The summed E-state index contributed by atoms with van der Waals surface area (Å²) in [6.07, 6.45) is 2.70. The summed E-state index contributed by atoms with van der Waals surface area (Å²) in [6, 6.07) is 7.28. The number of ketones is 1. The second-order valence-electron chi connectivity index (χ2n) is 8.77. The molecule has 0 aliphatic heterocycles. The van der Waals surface area contributed by atoms with Crippen LogP contribution in [0.15, 0.2) is 36.4 Å². The molecule has 4 aromatic rings. The summed E-state index contributed by atoms with van der Waals surface area (Å²) in [4.78, 5) is 45.8. The van der Waals surface area contributed by atoms with Gasteiger partial charge in [0.15, 0.2) is 48.8 Å². The quantitative estimate of drug-likeness (QED) is 0.0930. The van der Waals surface area contributed by atoms with Gasteiger partial charge >= 0.3 is 5.97 Å². The van der Waals surface area contributed by atoms with Gasteiger partial charge in [0.05, 0.1) is 45.5 Å². The number of halogens is 2. The Morgan fingerprint density at radius 2 is 1.62 bits per heavy atom. The number of hydrogen-bond acceptors (Lipinski definition) is 10. The molecule has 0 saturated heterocycles. The Bertz CT molecular complexity index is 1660. The Labute approximate surface area is 243 Å². The first kappa shape index (κ1) is 31.0. The Morgan fingerprint density at radius 3 is 2.24 bits per heavy atom. The number of nitrogens with zero attached hydrogens (tertiary/aromatic N) is 1. The van der Waals surface area contributed by atoms with Gasteiger partial charge in [-0.1, -0.05) is 6.08 Å². The fourth-order valence-corrected chi connectivity index (χ4v) is 5.45. The first-order chi connectivity index (χ1) is 20.1. The van der Waals surface area contributed by atoms with E-state index in [0.29, 0.717) is 15.0 Å². The van der Waals surface area contributed by atoms with Crippen LogP contribution in [0.3, 0.4) is 0 Å². The van der Waals surface area contributed by atoms with E-state index in [2.05, 4.69) is 4.98 Å². The lowest BCUT2D eigenvalue weighted by Crippen LogP contribution is -2.09. The lowest BCUT2D eigenvalue weighted by Gasteiger charge is -2.15. The minimum atomic E-state index is -2.43. The molecule has 2 aromatic carbocycles. The molecule has 42 heavy (non-hydrogen) atoms. The molecular weight excluding hydrogens is 595 g/mol. The van der Waals surface area contributed by atoms with Crippen LogP contribution in [0.1, 0.15) is 28.2 Å². The molecule has 0 fully saturated rings. The van der Waals surface area contributed by atoms with Crippen molar-refractivity contribution in [3.8, 4) is 23.0 Å². The number of carboxylic acids is 1. The summed E-state index contributed by atoms with van der Waals surface area (Å²) >= 11 is 1.28. The van der Waals surface area contributed by atoms with Gasteiger partial charge in [0.1, 0.15) is 5.69 Å². The zero-order valence-electron chi connectivity index (χ0n) is 22.4. The summed E-state index contributed by atoms with van der Waals surface area (Å²) in [5.41, 5.74) is 0.0811. The van der Waals surface area contributed by atoms with Crippen LogP contribution in [0.2, 0.25) is 0 Å². The van der Waals surface area contributed by atoms with Gasteiger partial charge in [-0.25, -0.2) is 13.8 Å². The highest BCUT2D eigenvalue weighted by Gasteiger charge is 2.21. The Hall–Kier alpha value is -3.90. The number of thiophene rings is 1. The SMILES string of the molecule is COc1cc2nc(C(=O)CP(O)O)ccc2c(F)c1OCCCOc1c(OC)cc2sc(/C=C/CC(=O)O)cc2c1F. The van der Waals surface area contributed by atoms with E-state index < -0.39 is 37.9 Å². The number of carbonyl (C=O) groups excluding carboxylic acids is 1. The molecule has 0 bridgehead atoms. The molecular formula is C28H26F2NO9PS.